The molecular weight excluding hydrogens is 263 g/mol. The molecule has 17 heavy (non-hydrogen) atoms. The predicted octanol–water partition coefficient (Wildman–Crippen LogP) is 1.60. The number of carbonyl (C=O) groups is 2. The van der Waals surface area contributed by atoms with E-state index in [1.165, 1.54) is 4.90 Å². The molecule has 1 aliphatic rings. The van der Waals surface area contributed by atoms with Crippen LogP contribution in [0.1, 0.15) is 26.2 Å². The largest absolute Gasteiger partial charge is 0.368 e. The van der Waals surface area contributed by atoms with Crippen molar-refractivity contribution >= 4 is 35.0 Å². The van der Waals surface area contributed by atoms with Crippen molar-refractivity contribution in [2.24, 2.45) is 5.73 Å². The van der Waals surface area contributed by atoms with Crippen molar-refractivity contribution < 1.29 is 9.59 Å². The molecule has 1 rings (SSSR count). The lowest BCUT2D eigenvalue weighted by Crippen LogP contribution is -2.50. The number of amides is 2. The van der Waals surface area contributed by atoms with Crippen LogP contribution >= 0.6 is 23.2 Å². The number of nitrogens with two attached hydrogens (primary N) is 1. The third kappa shape index (κ3) is 3.89. The molecule has 0 spiro atoms. The summed E-state index contributed by atoms with van der Waals surface area (Å²) in [5.41, 5.74) is 6.25. The number of hydrogen-bond acceptors (Lipinski definition) is 2. The molecule has 1 unspecified atom stereocenters. The van der Waals surface area contributed by atoms with Gasteiger partial charge in [0.15, 0.2) is 0 Å². The van der Waals surface area contributed by atoms with Gasteiger partial charge in [0.05, 0.1) is 0 Å². The minimum absolute atomic E-state index is 0.0477. The van der Waals surface area contributed by atoms with Crippen molar-refractivity contribution in [3.8, 4) is 0 Å². The topological polar surface area (TPSA) is 63.4 Å². The van der Waals surface area contributed by atoms with E-state index >= 15 is 0 Å². The summed E-state index contributed by atoms with van der Waals surface area (Å²) in [6, 6.07) is -0.546. The van der Waals surface area contributed by atoms with E-state index in [0.29, 0.717) is 25.8 Å². The van der Waals surface area contributed by atoms with Crippen LogP contribution in [0.4, 0.5) is 0 Å². The van der Waals surface area contributed by atoms with E-state index in [4.69, 9.17) is 28.9 Å². The average Bonchev–Trinajstić information content (AvgIpc) is 2.22. The summed E-state index contributed by atoms with van der Waals surface area (Å²) in [4.78, 5) is 23.9. The Morgan fingerprint density at radius 1 is 1.53 bits per heavy atom. The quantitative estimate of drug-likeness (QED) is 0.627. The fourth-order valence-electron chi connectivity index (χ4n) is 1.97. The molecule has 1 aliphatic heterocycles. The Kier molecular flexibility index (Phi) is 5.28. The molecule has 4 nitrogen and oxygen atoms in total. The molecule has 0 aromatic carbocycles. The summed E-state index contributed by atoms with van der Waals surface area (Å²) in [5, 5.41) is 0. The van der Waals surface area contributed by atoms with E-state index in [1.807, 2.05) is 6.92 Å². The van der Waals surface area contributed by atoms with Crippen molar-refractivity contribution in [2.75, 3.05) is 6.54 Å². The van der Waals surface area contributed by atoms with Gasteiger partial charge in [-0.15, -0.1) is 23.2 Å². The molecule has 0 bridgehead atoms. The van der Waals surface area contributed by atoms with E-state index in [9.17, 15) is 9.59 Å². The molecule has 0 radical (unpaired) electrons. The fraction of sp³-hybridized carbons (Fsp3) is 0.636. The van der Waals surface area contributed by atoms with E-state index in [1.54, 1.807) is 6.08 Å². The molecule has 0 aromatic rings. The van der Waals surface area contributed by atoms with Crippen molar-refractivity contribution in [3.05, 3.63) is 11.6 Å². The first-order valence-corrected chi connectivity index (χ1v) is 6.39. The normalized spacial score (nSPS) is 21.1. The lowest BCUT2D eigenvalue weighted by Gasteiger charge is -2.33. The second kappa shape index (κ2) is 6.26. The molecule has 1 heterocycles. The molecule has 1 saturated heterocycles. The second-order valence-electron chi connectivity index (χ2n) is 4.01. The predicted molar refractivity (Wildman–Crippen MR) is 67.8 cm³/mol. The van der Waals surface area contributed by atoms with Gasteiger partial charge in [0.2, 0.25) is 11.8 Å². The monoisotopic (exact) mass is 278 g/mol. The Balaban J connectivity index is 2.82. The number of primary amides is 1. The van der Waals surface area contributed by atoms with Gasteiger partial charge >= 0.3 is 0 Å². The van der Waals surface area contributed by atoms with Gasteiger partial charge in [-0.2, -0.15) is 0 Å². The van der Waals surface area contributed by atoms with Crippen molar-refractivity contribution in [2.45, 2.75) is 37.1 Å². The lowest BCUT2D eigenvalue weighted by molar-refractivity contribution is -0.140. The highest BCUT2D eigenvalue weighted by molar-refractivity contribution is 6.45. The van der Waals surface area contributed by atoms with Crippen LogP contribution in [0.25, 0.3) is 0 Å². The summed E-state index contributed by atoms with van der Waals surface area (Å²) >= 11 is 11.3. The number of hydrogen-bond donors (Lipinski definition) is 1. The van der Waals surface area contributed by atoms with Crippen LogP contribution in [0.2, 0.25) is 0 Å². The summed E-state index contributed by atoms with van der Waals surface area (Å²) in [7, 11) is 0. The molecule has 0 saturated carbocycles. The second-order valence-corrected chi connectivity index (χ2v) is 5.17. The molecule has 0 aromatic heterocycles. The first-order valence-electron chi connectivity index (χ1n) is 5.52. The molecule has 1 atom stereocenters. The minimum Gasteiger partial charge on any atom is -0.368 e. The minimum atomic E-state index is -0.589. The van der Waals surface area contributed by atoms with Crippen LogP contribution in [-0.2, 0) is 9.59 Å². The average molecular weight is 279 g/mol. The van der Waals surface area contributed by atoms with Crippen LogP contribution in [0.15, 0.2) is 11.6 Å². The van der Waals surface area contributed by atoms with Gasteiger partial charge in [0, 0.05) is 13.0 Å². The molecule has 6 heteroatoms. The van der Waals surface area contributed by atoms with E-state index in [2.05, 4.69) is 0 Å². The van der Waals surface area contributed by atoms with E-state index in [-0.39, 0.29) is 5.91 Å². The Hall–Kier alpha value is -0.740. The van der Waals surface area contributed by atoms with Crippen LogP contribution in [0, 0.1) is 0 Å². The molecule has 2 amide bonds. The number of alkyl halides is 2. The Labute approximate surface area is 111 Å². The maximum atomic E-state index is 11.8. The summed E-state index contributed by atoms with van der Waals surface area (Å²) in [6.07, 6.45) is 3.23. The van der Waals surface area contributed by atoms with Crippen LogP contribution < -0.4 is 5.73 Å². The Morgan fingerprint density at radius 2 is 2.18 bits per heavy atom. The van der Waals surface area contributed by atoms with Crippen LogP contribution in [0.3, 0.4) is 0 Å². The van der Waals surface area contributed by atoms with Gasteiger partial charge in [-0.3, -0.25) is 9.59 Å². The summed E-state index contributed by atoms with van der Waals surface area (Å²) in [6.45, 7) is 2.21. The third-order valence-corrected chi connectivity index (χ3v) is 3.06. The van der Waals surface area contributed by atoms with E-state index in [0.717, 1.165) is 5.57 Å². The number of nitrogens with zero attached hydrogens (tertiary/aromatic N) is 1. The smallest absolute Gasteiger partial charge is 0.240 e. The highest BCUT2D eigenvalue weighted by atomic mass is 35.5. The zero-order valence-corrected chi connectivity index (χ0v) is 11.2. The SMILES string of the molecule is CCC(C(N)=O)N1CC(=CC(Cl)Cl)CCC1=O. The maximum Gasteiger partial charge on any atom is 0.240 e. The number of likely N-dealkylation sites (tertiary alicyclic amines) is 1. The maximum absolute atomic E-state index is 11.8. The number of rotatable bonds is 4. The van der Waals surface area contributed by atoms with Crippen molar-refractivity contribution in [3.63, 3.8) is 0 Å². The molecule has 1 fully saturated rings. The van der Waals surface area contributed by atoms with Gasteiger partial charge in [-0.05, 0) is 12.8 Å². The molecule has 2 N–H and O–H groups in total. The van der Waals surface area contributed by atoms with Gasteiger partial charge in [-0.25, -0.2) is 0 Å². The summed E-state index contributed by atoms with van der Waals surface area (Å²) in [5.74, 6) is -0.524. The highest BCUT2D eigenvalue weighted by Crippen LogP contribution is 2.22. The zero-order chi connectivity index (χ0) is 13.0. The molecule has 0 aliphatic carbocycles. The fourth-order valence-corrected chi connectivity index (χ4v) is 2.33. The highest BCUT2D eigenvalue weighted by Gasteiger charge is 2.30. The van der Waals surface area contributed by atoms with Gasteiger partial charge in [-0.1, -0.05) is 18.6 Å². The first-order chi connectivity index (χ1) is 7.95. The van der Waals surface area contributed by atoms with Crippen LogP contribution in [-0.4, -0.2) is 34.1 Å². The number of halogens is 2. The third-order valence-electron chi connectivity index (χ3n) is 2.81. The number of piperidine rings is 1. The first kappa shape index (κ1) is 14.3. The summed E-state index contributed by atoms with van der Waals surface area (Å²) < 4.78 is 0. The number of allylic oxidation sites excluding steroid dienone is 1. The van der Waals surface area contributed by atoms with Gasteiger partial charge in [0.1, 0.15) is 10.9 Å². The Bertz CT molecular complexity index is 342. The molecular formula is C11H16Cl2N2O2. The lowest BCUT2D eigenvalue weighted by atomic mass is 10.0. The number of carbonyl (C=O) groups excluding carboxylic acids is 2. The van der Waals surface area contributed by atoms with Crippen LogP contribution in [0.5, 0.6) is 0 Å². The molecule has 96 valence electrons. The van der Waals surface area contributed by atoms with E-state index < -0.39 is 16.8 Å². The zero-order valence-electron chi connectivity index (χ0n) is 9.66. The standard InChI is InChI=1S/C11H16Cl2N2O2/c1-2-8(11(14)17)15-6-7(5-9(12)13)3-4-10(15)16/h5,8-9H,2-4,6H2,1H3,(H2,14,17). The van der Waals surface area contributed by atoms with Crippen molar-refractivity contribution in [1.29, 1.82) is 0 Å². The van der Waals surface area contributed by atoms with Gasteiger partial charge < -0.3 is 10.6 Å². The Morgan fingerprint density at radius 3 is 2.65 bits per heavy atom. The van der Waals surface area contributed by atoms with Crippen molar-refractivity contribution in [1.82, 2.24) is 4.90 Å². The van der Waals surface area contributed by atoms with Gasteiger partial charge in [0.25, 0.3) is 0 Å².